The maximum absolute atomic E-state index is 15.1. The molecule has 0 radical (unpaired) electrons. The summed E-state index contributed by atoms with van der Waals surface area (Å²) in [4.78, 5) is 52.9. The van der Waals surface area contributed by atoms with Gasteiger partial charge in [0, 0.05) is 37.8 Å². The Balaban J connectivity index is 1.57. The summed E-state index contributed by atoms with van der Waals surface area (Å²) in [7, 11) is 0. The first-order valence-corrected chi connectivity index (χ1v) is 12.9. The van der Waals surface area contributed by atoms with Gasteiger partial charge in [-0.1, -0.05) is 0 Å². The molecule has 4 rings (SSSR count). The predicted molar refractivity (Wildman–Crippen MR) is 139 cm³/mol. The molecule has 1 aliphatic heterocycles. The van der Waals surface area contributed by atoms with E-state index in [1.165, 1.54) is 20.1 Å². The number of nitrogens with zero attached hydrogens (tertiary/aromatic N) is 3. The summed E-state index contributed by atoms with van der Waals surface area (Å²) in [5, 5.41) is 5.54. The van der Waals surface area contributed by atoms with Crippen molar-refractivity contribution in [1.82, 2.24) is 19.4 Å². The molecule has 2 aromatic rings. The molecule has 1 saturated carbocycles. The molecule has 1 aromatic carbocycles. The fraction of sp³-hybridized carbons (Fsp3) is 0.615. The normalized spacial score (nSPS) is 18.2. The highest BCUT2D eigenvalue weighted by molar-refractivity contribution is 5.93. The van der Waals surface area contributed by atoms with E-state index in [9.17, 15) is 19.2 Å². The smallest absolute Gasteiger partial charge is 0.407 e. The molecule has 3 amide bonds. The molecule has 1 atom stereocenters. The van der Waals surface area contributed by atoms with Gasteiger partial charge in [-0.3, -0.25) is 13.9 Å². The third kappa shape index (κ3) is 6.14. The van der Waals surface area contributed by atoms with Gasteiger partial charge in [0.05, 0.1) is 16.6 Å². The zero-order valence-electron chi connectivity index (χ0n) is 22.1. The Bertz CT molecular complexity index is 1320. The van der Waals surface area contributed by atoms with Gasteiger partial charge in [0.25, 0.3) is 5.56 Å². The Morgan fingerprint density at radius 3 is 2.49 bits per heavy atom. The first kappa shape index (κ1) is 26.7. The van der Waals surface area contributed by atoms with Crippen LogP contribution >= 0.6 is 0 Å². The van der Waals surface area contributed by atoms with Crippen molar-refractivity contribution in [3.8, 4) is 0 Å². The van der Waals surface area contributed by atoms with Crippen LogP contribution in [0.15, 0.2) is 21.7 Å². The van der Waals surface area contributed by atoms with Crippen LogP contribution in [-0.4, -0.2) is 50.9 Å². The van der Waals surface area contributed by atoms with Crippen LogP contribution in [0.4, 0.5) is 19.7 Å². The zero-order chi connectivity index (χ0) is 27.1. The van der Waals surface area contributed by atoms with E-state index in [1.54, 1.807) is 34.6 Å². The van der Waals surface area contributed by atoms with E-state index in [4.69, 9.17) is 4.74 Å². The number of ether oxygens (including phenoxy) is 1. The molecule has 2 fully saturated rings. The van der Waals surface area contributed by atoms with E-state index in [-0.39, 0.29) is 35.2 Å². The van der Waals surface area contributed by atoms with Gasteiger partial charge in [0.2, 0.25) is 0 Å². The molecule has 37 heavy (non-hydrogen) atoms. The monoisotopic (exact) mass is 517 g/mol. The third-order valence-electron chi connectivity index (χ3n) is 6.58. The highest BCUT2D eigenvalue weighted by Gasteiger charge is 2.28. The van der Waals surface area contributed by atoms with Gasteiger partial charge in [-0.25, -0.2) is 18.8 Å². The lowest BCUT2D eigenvalue weighted by Crippen LogP contribution is -2.51. The van der Waals surface area contributed by atoms with Crippen LogP contribution in [-0.2, 0) is 11.3 Å². The first-order chi connectivity index (χ1) is 17.3. The Labute approximate surface area is 214 Å². The Morgan fingerprint density at radius 2 is 1.86 bits per heavy atom. The summed E-state index contributed by atoms with van der Waals surface area (Å²) in [5.74, 6) is -0.446. The molecule has 2 heterocycles. The Morgan fingerprint density at radius 1 is 1.16 bits per heavy atom. The molecule has 0 bridgehead atoms. The van der Waals surface area contributed by atoms with Crippen molar-refractivity contribution >= 4 is 28.7 Å². The fourth-order valence-corrected chi connectivity index (χ4v) is 4.66. The average Bonchev–Trinajstić information content (AvgIpc) is 3.60. The molecule has 1 saturated heterocycles. The molecular weight excluding hydrogens is 481 g/mol. The van der Waals surface area contributed by atoms with Crippen LogP contribution < -0.4 is 21.9 Å². The van der Waals surface area contributed by atoms with Crippen LogP contribution in [0.3, 0.4) is 0 Å². The van der Waals surface area contributed by atoms with Gasteiger partial charge < -0.3 is 20.3 Å². The molecule has 11 heteroatoms. The van der Waals surface area contributed by atoms with Gasteiger partial charge in [-0.15, -0.1) is 0 Å². The number of hydrogen-bond donors (Lipinski definition) is 2. The second-order valence-electron chi connectivity index (χ2n) is 11.3. The topological polar surface area (TPSA) is 115 Å². The van der Waals surface area contributed by atoms with Gasteiger partial charge in [-0.05, 0) is 72.3 Å². The van der Waals surface area contributed by atoms with Crippen LogP contribution in [0.5, 0.6) is 0 Å². The molecule has 1 aliphatic carbocycles. The number of benzene rings is 1. The van der Waals surface area contributed by atoms with E-state index in [2.05, 4.69) is 10.6 Å². The number of carbonyl (C=O) groups excluding carboxylic acids is 2. The van der Waals surface area contributed by atoms with E-state index >= 15 is 4.39 Å². The van der Waals surface area contributed by atoms with Crippen molar-refractivity contribution in [2.75, 3.05) is 18.4 Å². The molecule has 2 N–H and O–H groups in total. The number of halogens is 1. The van der Waals surface area contributed by atoms with Gasteiger partial charge in [0.1, 0.15) is 11.4 Å². The first-order valence-electron chi connectivity index (χ1n) is 12.9. The number of anilines is 1. The quantitative estimate of drug-likeness (QED) is 0.626. The Kier molecular flexibility index (Phi) is 7.34. The van der Waals surface area contributed by atoms with Crippen LogP contribution in [0, 0.1) is 11.7 Å². The van der Waals surface area contributed by atoms with Crippen LogP contribution in [0.25, 0.3) is 10.9 Å². The van der Waals surface area contributed by atoms with Crippen molar-refractivity contribution in [3.05, 3.63) is 38.8 Å². The minimum Gasteiger partial charge on any atom is -0.444 e. The maximum Gasteiger partial charge on any atom is 0.407 e. The number of hydrogen-bond acceptors (Lipinski definition) is 5. The number of piperidine rings is 1. The summed E-state index contributed by atoms with van der Waals surface area (Å²) < 4.78 is 23.1. The molecule has 0 unspecified atom stereocenters. The lowest BCUT2D eigenvalue weighted by atomic mass is 10.1. The minimum atomic E-state index is -0.741. The van der Waals surface area contributed by atoms with Gasteiger partial charge in [-0.2, -0.15) is 0 Å². The average molecular weight is 518 g/mol. The number of amides is 3. The van der Waals surface area contributed by atoms with Crippen LogP contribution in [0.1, 0.15) is 66.3 Å². The van der Waals surface area contributed by atoms with Crippen molar-refractivity contribution < 1.29 is 18.7 Å². The molecule has 202 valence electrons. The number of alkyl carbamates (subject to hydrolysis) is 1. The standard InChI is InChI=1S/C26H36FN5O5/c1-15(2)32-21-12-19(27)20(11-18(21)22(33)31(25(32)36)13-16-8-9-16)29-23(34)30-10-6-7-17(14-30)28-24(35)37-26(3,4)5/h11-12,15-17H,6-10,13-14H2,1-5H3,(H,28,35)(H,29,34)/t17-/m1/s1. The lowest BCUT2D eigenvalue weighted by molar-refractivity contribution is 0.0480. The minimum absolute atomic E-state index is 0.135. The van der Waals surface area contributed by atoms with Gasteiger partial charge >= 0.3 is 17.8 Å². The largest absolute Gasteiger partial charge is 0.444 e. The predicted octanol–water partition coefficient (Wildman–Crippen LogP) is 3.81. The second-order valence-corrected chi connectivity index (χ2v) is 11.3. The highest BCUT2D eigenvalue weighted by Crippen LogP contribution is 2.30. The number of fused-ring (bicyclic) bond motifs is 1. The summed E-state index contributed by atoms with van der Waals surface area (Å²) >= 11 is 0. The van der Waals surface area contributed by atoms with Gasteiger partial charge in [0.15, 0.2) is 0 Å². The fourth-order valence-electron chi connectivity index (χ4n) is 4.66. The maximum atomic E-state index is 15.1. The molecule has 10 nitrogen and oxygen atoms in total. The summed E-state index contributed by atoms with van der Waals surface area (Å²) in [6.07, 6.45) is 2.71. The Hall–Kier alpha value is -3.37. The van der Waals surface area contributed by atoms with E-state index in [0.717, 1.165) is 18.9 Å². The highest BCUT2D eigenvalue weighted by atomic mass is 19.1. The zero-order valence-corrected chi connectivity index (χ0v) is 22.1. The van der Waals surface area contributed by atoms with E-state index < -0.39 is 34.8 Å². The SMILES string of the molecule is CC(C)n1c(=O)n(CC2CC2)c(=O)c2cc(NC(=O)N3CCC[C@@H](NC(=O)OC(C)(C)C)C3)c(F)cc21. The third-order valence-corrected chi connectivity index (χ3v) is 6.58. The van der Waals surface area contributed by atoms with Crippen LogP contribution in [0.2, 0.25) is 0 Å². The number of aromatic nitrogens is 2. The second kappa shape index (κ2) is 10.2. The van der Waals surface area contributed by atoms with E-state index in [1.807, 2.05) is 0 Å². The lowest BCUT2D eigenvalue weighted by Gasteiger charge is -2.33. The summed E-state index contributed by atoms with van der Waals surface area (Å²) in [6, 6.07) is 1.32. The number of likely N-dealkylation sites (tertiary alicyclic amines) is 1. The number of urea groups is 1. The van der Waals surface area contributed by atoms with Crippen molar-refractivity contribution in [2.45, 2.75) is 84.5 Å². The number of nitrogens with one attached hydrogen (secondary N) is 2. The molecular formula is C26H36FN5O5. The molecule has 1 aromatic heterocycles. The van der Waals surface area contributed by atoms with Crippen molar-refractivity contribution in [3.63, 3.8) is 0 Å². The molecule has 2 aliphatic rings. The molecule has 0 spiro atoms. The van der Waals surface area contributed by atoms with E-state index in [0.29, 0.717) is 31.8 Å². The van der Waals surface area contributed by atoms with Crippen molar-refractivity contribution in [2.24, 2.45) is 5.92 Å². The summed E-state index contributed by atoms with van der Waals surface area (Å²) in [6.45, 7) is 9.93. The number of carbonyl (C=O) groups is 2. The van der Waals surface area contributed by atoms with Crippen molar-refractivity contribution in [1.29, 1.82) is 0 Å². The number of rotatable bonds is 5. The summed E-state index contributed by atoms with van der Waals surface area (Å²) in [5.41, 5.74) is -1.51.